The molecule has 8 heteroatoms. The largest absolute Gasteiger partial charge is 0.340 e. The quantitative estimate of drug-likeness (QED) is 0.767. The first-order valence-electron chi connectivity index (χ1n) is 7.03. The fourth-order valence-electron chi connectivity index (χ4n) is 2.32. The van der Waals surface area contributed by atoms with Crippen LogP contribution < -0.4 is 16.0 Å². The zero-order valence-corrected chi connectivity index (χ0v) is 12.4. The monoisotopic (exact) mass is 313 g/mol. The van der Waals surface area contributed by atoms with E-state index in [9.17, 15) is 14.4 Å². The third-order valence-corrected chi connectivity index (χ3v) is 3.42. The molecule has 1 aromatic heterocycles. The number of rotatable bonds is 3. The van der Waals surface area contributed by atoms with Crippen molar-refractivity contribution in [2.75, 3.05) is 10.6 Å². The summed E-state index contributed by atoms with van der Waals surface area (Å²) in [5.74, 6) is -0.842. The van der Waals surface area contributed by atoms with Gasteiger partial charge in [-0.1, -0.05) is 12.1 Å². The number of carbonyl (C=O) groups is 3. The Morgan fingerprint density at radius 1 is 1.30 bits per heavy atom. The molecule has 3 rings (SSSR count). The summed E-state index contributed by atoms with van der Waals surface area (Å²) < 4.78 is 1.55. The van der Waals surface area contributed by atoms with Crippen molar-refractivity contribution in [2.24, 2.45) is 7.05 Å². The van der Waals surface area contributed by atoms with Crippen molar-refractivity contribution < 1.29 is 14.4 Å². The minimum absolute atomic E-state index is 0.178. The van der Waals surface area contributed by atoms with Crippen molar-refractivity contribution in [1.82, 2.24) is 15.1 Å². The standard InChI is InChI=1S/C15H15N5O3/c1-20-7-6-12(19-20)18-13(21)8-11-15(23)16-10-5-3-2-4-9(10)14(22)17-11/h2-7,11H,8H2,1H3,(H,16,23)(H,17,22)(H,18,19,21)/t11-/m1/s1. The lowest BCUT2D eigenvalue weighted by Crippen LogP contribution is -2.43. The van der Waals surface area contributed by atoms with E-state index in [0.29, 0.717) is 17.1 Å². The Balaban J connectivity index is 1.70. The molecule has 8 nitrogen and oxygen atoms in total. The maximum absolute atomic E-state index is 12.2. The van der Waals surface area contributed by atoms with Crippen molar-refractivity contribution in [3.63, 3.8) is 0 Å². The zero-order valence-electron chi connectivity index (χ0n) is 12.4. The van der Waals surface area contributed by atoms with Gasteiger partial charge in [0.05, 0.1) is 17.7 Å². The van der Waals surface area contributed by atoms with Crippen molar-refractivity contribution in [1.29, 1.82) is 0 Å². The van der Waals surface area contributed by atoms with E-state index < -0.39 is 23.8 Å². The molecular weight excluding hydrogens is 298 g/mol. The number of hydrogen-bond donors (Lipinski definition) is 3. The highest BCUT2D eigenvalue weighted by Crippen LogP contribution is 2.19. The SMILES string of the molecule is Cn1ccc(NC(=O)C[C@H]2NC(=O)c3ccccc3NC2=O)n1. The molecule has 0 aliphatic carbocycles. The Morgan fingerprint density at radius 3 is 2.83 bits per heavy atom. The average molecular weight is 313 g/mol. The molecule has 1 atom stereocenters. The molecule has 0 spiro atoms. The van der Waals surface area contributed by atoms with Crippen LogP contribution in [0.15, 0.2) is 36.5 Å². The van der Waals surface area contributed by atoms with Crippen LogP contribution in [-0.2, 0) is 16.6 Å². The van der Waals surface area contributed by atoms with E-state index >= 15 is 0 Å². The maximum atomic E-state index is 12.2. The summed E-state index contributed by atoms with van der Waals surface area (Å²) in [5.41, 5.74) is 0.802. The van der Waals surface area contributed by atoms with Crippen molar-refractivity contribution >= 4 is 29.2 Å². The lowest BCUT2D eigenvalue weighted by atomic mass is 10.1. The van der Waals surface area contributed by atoms with E-state index in [0.717, 1.165) is 0 Å². The third-order valence-electron chi connectivity index (χ3n) is 3.42. The molecule has 23 heavy (non-hydrogen) atoms. The summed E-state index contributed by atoms with van der Waals surface area (Å²) in [6, 6.07) is 7.38. The molecule has 1 aliphatic rings. The minimum atomic E-state index is -0.946. The van der Waals surface area contributed by atoms with Crippen LogP contribution >= 0.6 is 0 Å². The molecule has 0 saturated heterocycles. The summed E-state index contributed by atoms with van der Waals surface area (Å²) in [6.07, 6.45) is 1.51. The Morgan fingerprint density at radius 2 is 2.09 bits per heavy atom. The number of aryl methyl sites for hydroxylation is 1. The van der Waals surface area contributed by atoms with E-state index in [2.05, 4.69) is 21.0 Å². The molecular formula is C15H15N5O3. The number of para-hydroxylation sites is 1. The second-order valence-corrected chi connectivity index (χ2v) is 5.19. The van der Waals surface area contributed by atoms with Gasteiger partial charge in [-0.3, -0.25) is 19.1 Å². The van der Waals surface area contributed by atoms with Crippen molar-refractivity contribution in [3.05, 3.63) is 42.1 Å². The normalized spacial score (nSPS) is 16.8. The van der Waals surface area contributed by atoms with Crippen LogP contribution in [0, 0.1) is 0 Å². The molecule has 2 aromatic rings. The molecule has 3 amide bonds. The molecule has 0 saturated carbocycles. The first-order chi connectivity index (χ1) is 11.0. The maximum Gasteiger partial charge on any atom is 0.254 e. The Bertz CT molecular complexity index is 783. The number of aromatic nitrogens is 2. The van der Waals surface area contributed by atoms with E-state index in [1.807, 2.05) is 0 Å². The number of nitrogens with one attached hydrogen (secondary N) is 3. The minimum Gasteiger partial charge on any atom is -0.340 e. The Hall–Kier alpha value is -3.16. The van der Waals surface area contributed by atoms with E-state index in [1.165, 1.54) is 0 Å². The molecule has 3 N–H and O–H groups in total. The Kier molecular flexibility index (Phi) is 3.80. The third kappa shape index (κ3) is 3.20. The molecule has 0 radical (unpaired) electrons. The topological polar surface area (TPSA) is 105 Å². The summed E-state index contributed by atoms with van der Waals surface area (Å²) >= 11 is 0. The van der Waals surface area contributed by atoms with E-state index in [1.54, 1.807) is 48.3 Å². The predicted molar refractivity (Wildman–Crippen MR) is 82.8 cm³/mol. The zero-order chi connectivity index (χ0) is 16.4. The molecule has 118 valence electrons. The number of carbonyl (C=O) groups excluding carboxylic acids is 3. The van der Waals surface area contributed by atoms with Gasteiger partial charge in [0.2, 0.25) is 11.8 Å². The highest BCUT2D eigenvalue weighted by molar-refractivity contribution is 6.11. The number of fused-ring (bicyclic) bond motifs is 1. The first kappa shape index (κ1) is 14.8. The summed E-state index contributed by atoms with van der Waals surface area (Å²) in [7, 11) is 1.73. The second kappa shape index (κ2) is 5.91. The van der Waals surface area contributed by atoms with Gasteiger partial charge in [0.1, 0.15) is 6.04 Å². The van der Waals surface area contributed by atoms with Crippen molar-refractivity contribution in [3.8, 4) is 0 Å². The van der Waals surface area contributed by atoms with Crippen LogP contribution in [-0.4, -0.2) is 33.5 Å². The van der Waals surface area contributed by atoms with Crippen LogP contribution in [0.3, 0.4) is 0 Å². The van der Waals surface area contributed by atoms with Gasteiger partial charge in [-0.05, 0) is 12.1 Å². The second-order valence-electron chi connectivity index (χ2n) is 5.19. The number of nitrogens with zero attached hydrogens (tertiary/aromatic N) is 2. The van der Waals surface area contributed by atoms with Crippen LogP contribution in [0.1, 0.15) is 16.8 Å². The fraction of sp³-hybridized carbons (Fsp3) is 0.200. The summed E-state index contributed by atoms with van der Waals surface area (Å²) in [6.45, 7) is 0. The Labute approximate surface area is 131 Å². The molecule has 2 heterocycles. The van der Waals surface area contributed by atoms with Gasteiger partial charge in [0.15, 0.2) is 5.82 Å². The van der Waals surface area contributed by atoms with Gasteiger partial charge >= 0.3 is 0 Å². The van der Waals surface area contributed by atoms with Gasteiger partial charge in [-0.15, -0.1) is 0 Å². The molecule has 0 fully saturated rings. The van der Waals surface area contributed by atoms with Gasteiger partial charge in [-0.25, -0.2) is 0 Å². The van der Waals surface area contributed by atoms with Crippen LogP contribution in [0.2, 0.25) is 0 Å². The number of benzene rings is 1. The van der Waals surface area contributed by atoms with E-state index in [4.69, 9.17) is 0 Å². The molecule has 1 aromatic carbocycles. The van der Waals surface area contributed by atoms with Gasteiger partial charge in [0.25, 0.3) is 5.91 Å². The van der Waals surface area contributed by atoms with Crippen LogP contribution in [0.25, 0.3) is 0 Å². The molecule has 0 unspecified atom stereocenters. The first-order valence-corrected chi connectivity index (χ1v) is 7.03. The van der Waals surface area contributed by atoms with Crippen LogP contribution in [0.5, 0.6) is 0 Å². The highest BCUT2D eigenvalue weighted by atomic mass is 16.2. The fourth-order valence-corrected chi connectivity index (χ4v) is 2.32. The molecule has 0 bridgehead atoms. The van der Waals surface area contributed by atoms with Gasteiger partial charge in [0, 0.05) is 19.3 Å². The van der Waals surface area contributed by atoms with Crippen LogP contribution in [0.4, 0.5) is 11.5 Å². The number of anilines is 2. The number of amides is 3. The average Bonchev–Trinajstić information content (AvgIpc) is 2.86. The summed E-state index contributed by atoms with van der Waals surface area (Å²) in [4.78, 5) is 36.4. The van der Waals surface area contributed by atoms with E-state index in [-0.39, 0.29) is 6.42 Å². The lowest BCUT2D eigenvalue weighted by molar-refractivity contribution is -0.122. The summed E-state index contributed by atoms with van der Waals surface area (Å²) in [5, 5.41) is 11.8. The highest BCUT2D eigenvalue weighted by Gasteiger charge is 2.29. The lowest BCUT2D eigenvalue weighted by Gasteiger charge is -2.13. The molecule has 1 aliphatic heterocycles. The van der Waals surface area contributed by atoms with Gasteiger partial charge in [-0.2, -0.15) is 5.10 Å². The van der Waals surface area contributed by atoms with Crippen molar-refractivity contribution in [2.45, 2.75) is 12.5 Å². The smallest absolute Gasteiger partial charge is 0.254 e. The predicted octanol–water partition coefficient (Wildman–Crippen LogP) is 0.499. The number of hydrogen-bond acceptors (Lipinski definition) is 4. The van der Waals surface area contributed by atoms with Gasteiger partial charge < -0.3 is 16.0 Å².